The molecule has 0 saturated heterocycles. The Kier molecular flexibility index (Phi) is 3.25. The van der Waals surface area contributed by atoms with Crippen molar-refractivity contribution in [1.82, 2.24) is 4.98 Å². The van der Waals surface area contributed by atoms with E-state index >= 15 is 0 Å². The third kappa shape index (κ3) is 2.19. The first-order valence-electron chi connectivity index (χ1n) is 6.75. The largest absolute Gasteiger partial charge is 0.384 e. The number of pyridine rings is 1. The molecule has 0 aliphatic rings. The summed E-state index contributed by atoms with van der Waals surface area (Å²) in [7, 11) is 0. The zero-order chi connectivity index (χ0) is 14.1. The Hall–Kier alpha value is -2.19. The van der Waals surface area contributed by atoms with Crippen LogP contribution in [-0.4, -0.2) is 10.1 Å². The van der Waals surface area contributed by atoms with Crippen LogP contribution in [0.2, 0.25) is 0 Å². The maximum absolute atomic E-state index is 10.8. The van der Waals surface area contributed by atoms with E-state index in [4.69, 9.17) is 0 Å². The molecule has 0 aliphatic carbocycles. The van der Waals surface area contributed by atoms with E-state index in [1.54, 1.807) is 6.20 Å². The summed E-state index contributed by atoms with van der Waals surface area (Å²) < 4.78 is 0. The second-order valence-corrected chi connectivity index (χ2v) is 5.18. The van der Waals surface area contributed by atoms with E-state index in [2.05, 4.69) is 11.1 Å². The smallest absolute Gasteiger partial charge is 0.106 e. The fraction of sp³-hybridized carbons (Fsp3) is 0.167. The van der Waals surface area contributed by atoms with E-state index in [0.717, 1.165) is 33.2 Å². The summed E-state index contributed by atoms with van der Waals surface area (Å²) in [6.45, 7) is 4.06. The minimum Gasteiger partial charge on any atom is -0.384 e. The normalized spacial score (nSPS) is 12.6. The van der Waals surface area contributed by atoms with Gasteiger partial charge >= 0.3 is 0 Å². The number of fused-ring (bicyclic) bond motifs is 1. The summed E-state index contributed by atoms with van der Waals surface area (Å²) in [5, 5.41) is 11.8. The van der Waals surface area contributed by atoms with E-state index in [-0.39, 0.29) is 0 Å². The Morgan fingerprint density at radius 3 is 2.60 bits per heavy atom. The van der Waals surface area contributed by atoms with Gasteiger partial charge in [-0.3, -0.25) is 4.98 Å². The maximum Gasteiger partial charge on any atom is 0.106 e. The number of aromatic nitrogens is 1. The molecule has 3 aromatic rings. The van der Waals surface area contributed by atoms with Crippen molar-refractivity contribution in [3.05, 3.63) is 77.0 Å². The predicted molar refractivity (Wildman–Crippen MR) is 81.7 cm³/mol. The van der Waals surface area contributed by atoms with Gasteiger partial charge in [-0.25, -0.2) is 0 Å². The van der Waals surface area contributed by atoms with Crippen molar-refractivity contribution in [3.63, 3.8) is 0 Å². The minimum absolute atomic E-state index is 0.645. The number of hydrogen-bond acceptors (Lipinski definition) is 2. The van der Waals surface area contributed by atoms with Crippen LogP contribution in [0.3, 0.4) is 0 Å². The fourth-order valence-electron chi connectivity index (χ4n) is 2.57. The topological polar surface area (TPSA) is 33.1 Å². The van der Waals surface area contributed by atoms with Gasteiger partial charge in [0.15, 0.2) is 0 Å². The van der Waals surface area contributed by atoms with Crippen molar-refractivity contribution < 1.29 is 5.11 Å². The van der Waals surface area contributed by atoms with Crippen molar-refractivity contribution in [2.75, 3.05) is 0 Å². The number of aliphatic hydroxyl groups is 1. The number of nitrogens with zero attached hydrogens (tertiary/aromatic N) is 1. The highest BCUT2D eigenvalue weighted by Gasteiger charge is 2.16. The van der Waals surface area contributed by atoms with Gasteiger partial charge in [-0.05, 0) is 31.0 Å². The van der Waals surface area contributed by atoms with E-state index in [9.17, 15) is 5.11 Å². The van der Waals surface area contributed by atoms with Gasteiger partial charge in [0, 0.05) is 17.1 Å². The van der Waals surface area contributed by atoms with Gasteiger partial charge in [0.2, 0.25) is 0 Å². The van der Waals surface area contributed by atoms with E-state index in [1.807, 2.05) is 56.3 Å². The quantitative estimate of drug-likeness (QED) is 0.760. The Bertz CT molecular complexity index is 759. The molecule has 0 spiro atoms. The maximum atomic E-state index is 10.8. The highest BCUT2D eigenvalue weighted by molar-refractivity contribution is 5.82. The van der Waals surface area contributed by atoms with E-state index in [0.29, 0.717) is 0 Å². The Morgan fingerprint density at radius 2 is 1.75 bits per heavy atom. The lowest BCUT2D eigenvalue weighted by atomic mass is 9.94. The molecule has 0 amide bonds. The number of benzene rings is 2. The van der Waals surface area contributed by atoms with Crippen LogP contribution in [0.4, 0.5) is 0 Å². The van der Waals surface area contributed by atoms with Crippen molar-refractivity contribution in [2.45, 2.75) is 20.0 Å². The van der Waals surface area contributed by atoms with E-state index in [1.165, 1.54) is 0 Å². The third-order valence-electron chi connectivity index (χ3n) is 3.69. The molecule has 1 unspecified atom stereocenters. The number of para-hydroxylation sites is 1. The summed E-state index contributed by atoms with van der Waals surface area (Å²) in [6.07, 6.45) is 1.12. The van der Waals surface area contributed by atoms with Gasteiger partial charge < -0.3 is 5.11 Å². The molecule has 2 heteroatoms. The lowest BCUT2D eigenvalue weighted by molar-refractivity contribution is 0.221. The van der Waals surface area contributed by atoms with Crippen LogP contribution in [0, 0.1) is 13.8 Å². The highest BCUT2D eigenvalue weighted by Crippen LogP contribution is 2.29. The molecule has 1 N–H and O–H groups in total. The van der Waals surface area contributed by atoms with Crippen LogP contribution in [0.1, 0.15) is 28.4 Å². The third-order valence-corrected chi connectivity index (χ3v) is 3.69. The van der Waals surface area contributed by atoms with Crippen LogP contribution < -0.4 is 0 Å². The summed E-state index contributed by atoms with van der Waals surface area (Å²) in [4.78, 5) is 4.42. The summed E-state index contributed by atoms with van der Waals surface area (Å²) in [5.74, 6) is 0. The number of rotatable bonds is 2. The molecule has 0 fully saturated rings. The molecule has 0 aliphatic heterocycles. The second-order valence-electron chi connectivity index (χ2n) is 5.18. The lowest BCUT2D eigenvalue weighted by Crippen LogP contribution is -2.04. The fourth-order valence-corrected chi connectivity index (χ4v) is 2.57. The average molecular weight is 263 g/mol. The zero-order valence-electron chi connectivity index (χ0n) is 11.7. The average Bonchev–Trinajstić information content (AvgIpc) is 2.48. The van der Waals surface area contributed by atoms with Crippen LogP contribution in [-0.2, 0) is 0 Å². The Morgan fingerprint density at radius 1 is 0.950 bits per heavy atom. The molecule has 2 nitrogen and oxygen atoms in total. The molecule has 1 aromatic heterocycles. The monoisotopic (exact) mass is 263 g/mol. The van der Waals surface area contributed by atoms with Gasteiger partial charge in [0.1, 0.15) is 6.10 Å². The Labute approximate surface area is 118 Å². The van der Waals surface area contributed by atoms with Crippen molar-refractivity contribution in [2.24, 2.45) is 0 Å². The van der Waals surface area contributed by atoms with Gasteiger partial charge in [0.25, 0.3) is 0 Å². The number of hydrogen-bond donors (Lipinski definition) is 1. The SMILES string of the molecule is Cc1ccc(C)c(C(O)c2cccc3cccnc23)c1. The van der Waals surface area contributed by atoms with Crippen LogP contribution in [0.5, 0.6) is 0 Å². The van der Waals surface area contributed by atoms with Crippen LogP contribution in [0.15, 0.2) is 54.7 Å². The molecule has 0 saturated carbocycles. The minimum atomic E-state index is -0.645. The molecular formula is C18H17NO. The van der Waals surface area contributed by atoms with Crippen molar-refractivity contribution >= 4 is 10.9 Å². The van der Waals surface area contributed by atoms with Crippen LogP contribution in [0.25, 0.3) is 10.9 Å². The molecule has 2 aromatic carbocycles. The molecule has 0 bridgehead atoms. The molecule has 3 rings (SSSR count). The van der Waals surface area contributed by atoms with Crippen molar-refractivity contribution in [3.8, 4) is 0 Å². The lowest BCUT2D eigenvalue weighted by Gasteiger charge is -2.16. The number of aryl methyl sites for hydroxylation is 2. The van der Waals surface area contributed by atoms with Crippen molar-refractivity contribution in [1.29, 1.82) is 0 Å². The van der Waals surface area contributed by atoms with Gasteiger partial charge in [-0.15, -0.1) is 0 Å². The summed E-state index contributed by atoms with van der Waals surface area (Å²) in [5.41, 5.74) is 4.91. The molecule has 0 radical (unpaired) electrons. The van der Waals surface area contributed by atoms with E-state index < -0.39 is 6.10 Å². The molecule has 1 heterocycles. The second kappa shape index (κ2) is 5.06. The molecule has 20 heavy (non-hydrogen) atoms. The van der Waals surface area contributed by atoms with Gasteiger partial charge in [0.05, 0.1) is 5.52 Å². The zero-order valence-corrected chi connectivity index (χ0v) is 11.7. The first-order valence-corrected chi connectivity index (χ1v) is 6.75. The molecular weight excluding hydrogens is 246 g/mol. The summed E-state index contributed by atoms with van der Waals surface area (Å²) in [6, 6.07) is 16.0. The molecule has 100 valence electrons. The standard InChI is InChI=1S/C18H17NO/c1-12-8-9-13(2)16(11-12)18(20)15-7-3-5-14-6-4-10-19-17(14)15/h3-11,18,20H,1-2H3. The Balaban J connectivity index is 2.17. The highest BCUT2D eigenvalue weighted by atomic mass is 16.3. The number of aliphatic hydroxyl groups excluding tert-OH is 1. The summed E-state index contributed by atoms with van der Waals surface area (Å²) >= 11 is 0. The first-order chi connectivity index (χ1) is 9.66. The predicted octanol–water partition coefficient (Wildman–Crippen LogP) is 3.93. The van der Waals surface area contributed by atoms with Gasteiger partial charge in [-0.2, -0.15) is 0 Å². The first kappa shape index (κ1) is 12.8. The van der Waals surface area contributed by atoms with Crippen LogP contribution >= 0.6 is 0 Å². The molecule has 1 atom stereocenters. The van der Waals surface area contributed by atoms with Gasteiger partial charge in [-0.1, -0.05) is 48.0 Å².